The lowest BCUT2D eigenvalue weighted by Gasteiger charge is -2.15. The van der Waals surface area contributed by atoms with Gasteiger partial charge in [0.15, 0.2) is 0 Å². The Morgan fingerprint density at radius 1 is 1.47 bits per heavy atom. The minimum absolute atomic E-state index is 0.320. The van der Waals surface area contributed by atoms with E-state index in [1.807, 2.05) is 12.3 Å². The van der Waals surface area contributed by atoms with Gasteiger partial charge in [-0.15, -0.1) is 0 Å². The van der Waals surface area contributed by atoms with Crippen molar-refractivity contribution in [2.45, 2.75) is 40.2 Å². The van der Waals surface area contributed by atoms with Crippen LogP contribution >= 0.6 is 11.3 Å². The fraction of sp³-hybridized carbons (Fsp3) is 0.400. The van der Waals surface area contributed by atoms with Crippen LogP contribution in [0.1, 0.15) is 48.6 Å². The zero-order valence-corrected chi connectivity index (χ0v) is 12.7. The Kier molecular flexibility index (Phi) is 3.80. The number of hydrogen-bond acceptors (Lipinski definition) is 2. The van der Waals surface area contributed by atoms with Crippen molar-refractivity contribution in [3.8, 4) is 11.1 Å². The zero-order chi connectivity index (χ0) is 14.2. The number of primary amides is 1. The molecule has 4 heteroatoms. The van der Waals surface area contributed by atoms with Crippen molar-refractivity contribution in [1.29, 1.82) is 0 Å². The van der Waals surface area contributed by atoms with E-state index in [0.29, 0.717) is 11.6 Å². The van der Waals surface area contributed by atoms with Crippen LogP contribution in [0, 0.1) is 6.92 Å². The van der Waals surface area contributed by atoms with E-state index < -0.39 is 0 Å². The Morgan fingerprint density at radius 3 is 2.58 bits per heavy atom. The molecule has 0 bridgehead atoms. The third-order valence-corrected chi connectivity index (χ3v) is 4.14. The molecule has 3 nitrogen and oxygen atoms in total. The molecule has 2 N–H and O–H groups in total. The maximum Gasteiger partial charge on any atom is 0.251 e. The second kappa shape index (κ2) is 5.21. The number of aromatic nitrogens is 1. The molecule has 0 atom stereocenters. The maximum absolute atomic E-state index is 11.9. The van der Waals surface area contributed by atoms with Crippen molar-refractivity contribution in [3.63, 3.8) is 0 Å². The Labute approximate surface area is 118 Å². The van der Waals surface area contributed by atoms with Gasteiger partial charge in [-0.2, -0.15) is 11.3 Å². The molecule has 2 rings (SSSR count). The fourth-order valence-electron chi connectivity index (χ4n) is 2.83. The predicted molar refractivity (Wildman–Crippen MR) is 80.8 cm³/mol. The average Bonchev–Trinajstić information content (AvgIpc) is 2.92. The Hall–Kier alpha value is -1.55. The summed E-state index contributed by atoms with van der Waals surface area (Å²) in [6.07, 6.45) is 0.886. The zero-order valence-electron chi connectivity index (χ0n) is 11.9. The van der Waals surface area contributed by atoms with Crippen molar-refractivity contribution in [2.24, 2.45) is 5.73 Å². The lowest BCUT2D eigenvalue weighted by Crippen LogP contribution is -2.13. The van der Waals surface area contributed by atoms with Gasteiger partial charge >= 0.3 is 0 Å². The van der Waals surface area contributed by atoms with Crippen LogP contribution in [0.2, 0.25) is 0 Å². The standard InChI is InChI=1S/C15H20N2OS/c1-5-12-14(11-6-7-19-8-11)13(15(16)18)10(4)17(12)9(2)3/h6-9H,5H2,1-4H3,(H2,16,18). The summed E-state index contributed by atoms with van der Waals surface area (Å²) >= 11 is 1.64. The van der Waals surface area contributed by atoms with Gasteiger partial charge in [-0.1, -0.05) is 6.92 Å². The smallest absolute Gasteiger partial charge is 0.251 e. The molecule has 0 fully saturated rings. The van der Waals surface area contributed by atoms with Gasteiger partial charge in [0.25, 0.3) is 5.91 Å². The number of amides is 1. The van der Waals surface area contributed by atoms with Crippen LogP contribution in [0.25, 0.3) is 11.1 Å². The molecule has 0 saturated heterocycles. The minimum atomic E-state index is -0.340. The van der Waals surface area contributed by atoms with Gasteiger partial charge < -0.3 is 10.3 Å². The lowest BCUT2D eigenvalue weighted by molar-refractivity contribution is 0.1000. The quantitative estimate of drug-likeness (QED) is 0.908. The maximum atomic E-state index is 11.9. The summed E-state index contributed by atoms with van der Waals surface area (Å²) in [5.74, 6) is -0.340. The SMILES string of the molecule is CCc1c(-c2ccsc2)c(C(N)=O)c(C)n1C(C)C. The van der Waals surface area contributed by atoms with Gasteiger partial charge in [-0.05, 0) is 49.6 Å². The molecule has 19 heavy (non-hydrogen) atoms. The third kappa shape index (κ3) is 2.21. The first kappa shape index (κ1) is 13.9. The first-order valence-electron chi connectivity index (χ1n) is 6.55. The Balaban J connectivity index is 2.83. The Bertz CT molecular complexity index is 594. The summed E-state index contributed by atoms with van der Waals surface area (Å²) in [5, 5.41) is 4.10. The molecule has 0 radical (unpaired) electrons. The largest absolute Gasteiger partial charge is 0.366 e. The highest BCUT2D eigenvalue weighted by atomic mass is 32.1. The summed E-state index contributed by atoms with van der Waals surface area (Å²) in [6, 6.07) is 2.37. The van der Waals surface area contributed by atoms with E-state index in [9.17, 15) is 4.79 Å². The number of carbonyl (C=O) groups is 1. The van der Waals surface area contributed by atoms with Crippen LogP contribution in [0.3, 0.4) is 0 Å². The lowest BCUT2D eigenvalue weighted by atomic mass is 10.0. The molecule has 0 unspecified atom stereocenters. The number of carbonyl (C=O) groups excluding carboxylic acids is 1. The van der Waals surface area contributed by atoms with E-state index in [1.165, 1.54) is 5.69 Å². The summed E-state index contributed by atoms with van der Waals surface area (Å²) < 4.78 is 2.23. The monoisotopic (exact) mass is 276 g/mol. The number of thiophene rings is 1. The van der Waals surface area contributed by atoms with Crippen LogP contribution in [0.15, 0.2) is 16.8 Å². The van der Waals surface area contributed by atoms with Gasteiger partial charge in [-0.25, -0.2) is 0 Å². The molecule has 0 aliphatic heterocycles. The van der Waals surface area contributed by atoms with Crippen LogP contribution in [0.4, 0.5) is 0 Å². The van der Waals surface area contributed by atoms with Crippen molar-refractivity contribution in [2.75, 3.05) is 0 Å². The van der Waals surface area contributed by atoms with Gasteiger partial charge in [-0.3, -0.25) is 4.79 Å². The van der Waals surface area contributed by atoms with E-state index in [0.717, 1.165) is 23.2 Å². The van der Waals surface area contributed by atoms with Crippen LogP contribution in [-0.2, 0) is 6.42 Å². The second-order valence-electron chi connectivity index (χ2n) is 4.98. The first-order chi connectivity index (χ1) is 8.99. The van der Waals surface area contributed by atoms with E-state index in [-0.39, 0.29) is 5.91 Å². The topological polar surface area (TPSA) is 48.0 Å². The number of nitrogens with zero attached hydrogens (tertiary/aromatic N) is 1. The molecule has 1 amide bonds. The summed E-state index contributed by atoms with van der Waals surface area (Å²) in [7, 11) is 0. The van der Waals surface area contributed by atoms with E-state index in [2.05, 4.69) is 36.8 Å². The molecule has 0 aromatic carbocycles. The number of rotatable bonds is 4. The molecule has 102 valence electrons. The van der Waals surface area contributed by atoms with E-state index >= 15 is 0 Å². The number of nitrogens with two attached hydrogens (primary N) is 1. The van der Waals surface area contributed by atoms with Crippen molar-refractivity contribution >= 4 is 17.2 Å². The first-order valence-corrected chi connectivity index (χ1v) is 7.49. The van der Waals surface area contributed by atoms with E-state index in [4.69, 9.17) is 5.73 Å². The molecule has 0 spiro atoms. The van der Waals surface area contributed by atoms with Crippen LogP contribution < -0.4 is 5.73 Å². The summed E-state index contributed by atoms with van der Waals surface area (Å²) in [6.45, 7) is 8.37. The molecule has 0 saturated carbocycles. The summed E-state index contributed by atoms with van der Waals surface area (Å²) in [4.78, 5) is 11.9. The summed E-state index contributed by atoms with van der Waals surface area (Å²) in [5.41, 5.74) is 10.6. The fourth-order valence-corrected chi connectivity index (χ4v) is 3.48. The highest BCUT2D eigenvalue weighted by Crippen LogP contribution is 2.35. The van der Waals surface area contributed by atoms with Gasteiger partial charge in [0, 0.05) is 23.0 Å². The molecule has 0 aliphatic carbocycles. The number of hydrogen-bond donors (Lipinski definition) is 1. The van der Waals surface area contributed by atoms with Crippen molar-refractivity contribution < 1.29 is 4.79 Å². The van der Waals surface area contributed by atoms with Crippen LogP contribution in [0.5, 0.6) is 0 Å². The third-order valence-electron chi connectivity index (χ3n) is 3.46. The van der Waals surface area contributed by atoms with Gasteiger partial charge in [0.05, 0.1) is 5.56 Å². The molecule has 0 aliphatic rings. The van der Waals surface area contributed by atoms with E-state index in [1.54, 1.807) is 11.3 Å². The van der Waals surface area contributed by atoms with Crippen molar-refractivity contribution in [3.05, 3.63) is 33.8 Å². The second-order valence-corrected chi connectivity index (χ2v) is 5.76. The van der Waals surface area contributed by atoms with Gasteiger partial charge in [0.1, 0.15) is 0 Å². The highest BCUT2D eigenvalue weighted by molar-refractivity contribution is 7.08. The molecule has 2 aromatic heterocycles. The highest BCUT2D eigenvalue weighted by Gasteiger charge is 2.24. The molecular weight excluding hydrogens is 256 g/mol. The van der Waals surface area contributed by atoms with Crippen molar-refractivity contribution in [1.82, 2.24) is 4.57 Å². The minimum Gasteiger partial charge on any atom is -0.366 e. The predicted octanol–water partition coefficient (Wildman–Crippen LogP) is 3.77. The van der Waals surface area contributed by atoms with Gasteiger partial charge in [0.2, 0.25) is 0 Å². The molecule has 2 heterocycles. The molecule has 2 aromatic rings. The normalized spacial score (nSPS) is 11.2. The molecular formula is C15H20N2OS. The Morgan fingerprint density at radius 2 is 2.16 bits per heavy atom. The average molecular weight is 276 g/mol. The van der Waals surface area contributed by atoms with Crippen LogP contribution in [-0.4, -0.2) is 10.5 Å².